The summed E-state index contributed by atoms with van der Waals surface area (Å²) < 4.78 is 38.7. The van der Waals surface area contributed by atoms with E-state index in [-0.39, 0.29) is 16.5 Å². The third kappa shape index (κ3) is 2.77. The summed E-state index contributed by atoms with van der Waals surface area (Å²) in [6.45, 7) is 0.646. The number of halogens is 4. The van der Waals surface area contributed by atoms with Crippen molar-refractivity contribution in [3.8, 4) is 0 Å². The molecule has 6 heteroatoms. The van der Waals surface area contributed by atoms with E-state index in [9.17, 15) is 18.0 Å². The monoisotopic (exact) mass is 277 g/mol. The first-order chi connectivity index (χ1) is 8.38. The van der Waals surface area contributed by atoms with Crippen LogP contribution >= 0.6 is 11.6 Å². The van der Waals surface area contributed by atoms with Crippen LogP contribution < -0.4 is 4.90 Å². The maximum Gasteiger partial charge on any atom is 0.418 e. The fraction of sp³-hybridized carbons (Fsp3) is 0.417. The van der Waals surface area contributed by atoms with Crippen LogP contribution in [0.25, 0.3) is 0 Å². The SMILES string of the molecule is O=C1CCN(c2ccc(Cl)cc2C(F)(F)F)CC1. The zero-order valence-corrected chi connectivity index (χ0v) is 10.2. The molecule has 1 aromatic rings. The number of nitrogens with zero attached hydrogens (tertiary/aromatic N) is 1. The Kier molecular flexibility index (Phi) is 3.52. The molecule has 1 saturated heterocycles. The molecule has 0 spiro atoms. The normalized spacial score (nSPS) is 17.1. The molecule has 0 amide bonds. The number of carbonyl (C=O) groups is 1. The van der Waals surface area contributed by atoms with Gasteiger partial charge in [-0.15, -0.1) is 0 Å². The number of alkyl halides is 3. The van der Waals surface area contributed by atoms with Gasteiger partial charge in [-0.25, -0.2) is 0 Å². The number of Topliss-reactive ketones (excluding diaryl/α,β-unsaturated/α-hetero) is 1. The van der Waals surface area contributed by atoms with Gasteiger partial charge >= 0.3 is 6.18 Å². The number of anilines is 1. The number of benzene rings is 1. The summed E-state index contributed by atoms with van der Waals surface area (Å²) >= 11 is 5.61. The third-order valence-corrected chi connectivity index (χ3v) is 3.16. The average Bonchev–Trinajstić information content (AvgIpc) is 2.29. The zero-order valence-electron chi connectivity index (χ0n) is 9.43. The van der Waals surface area contributed by atoms with Gasteiger partial charge in [0.2, 0.25) is 0 Å². The molecule has 0 atom stereocenters. The Morgan fingerprint density at radius 2 is 1.78 bits per heavy atom. The zero-order chi connectivity index (χ0) is 13.3. The van der Waals surface area contributed by atoms with E-state index in [1.165, 1.54) is 12.1 Å². The molecule has 18 heavy (non-hydrogen) atoms. The van der Waals surface area contributed by atoms with Gasteiger partial charge in [-0.2, -0.15) is 13.2 Å². The number of rotatable bonds is 1. The van der Waals surface area contributed by atoms with Crippen molar-refractivity contribution in [2.75, 3.05) is 18.0 Å². The average molecular weight is 278 g/mol. The number of hydrogen-bond acceptors (Lipinski definition) is 2. The quantitative estimate of drug-likeness (QED) is 0.783. The van der Waals surface area contributed by atoms with Gasteiger partial charge in [-0.05, 0) is 18.2 Å². The topological polar surface area (TPSA) is 20.3 Å². The lowest BCUT2D eigenvalue weighted by atomic mass is 10.1. The Balaban J connectivity index is 2.35. The van der Waals surface area contributed by atoms with Crippen molar-refractivity contribution >= 4 is 23.1 Å². The molecule has 0 bridgehead atoms. The van der Waals surface area contributed by atoms with Gasteiger partial charge in [-0.3, -0.25) is 4.79 Å². The van der Waals surface area contributed by atoms with Crippen LogP contribution in [0.1, 0.15) is 18.4 Å². The molecule has 0 N–H and O–H groups in total. The van der Waals surface area contributed by atoms with Crippen molar-refractivity contribution in [1.29, 1.82) is 0 Å². The Morgan fingerprint density at radius 1 is 1.17 bits per heavy atom. The second-order valence-corrected chi connectivity index (χ2v) is 4.62. The van der Waals surface area contributed by atoms with E-state index in [1.807, 2.05) is 0 Å². The van der Waals surface area contributed by atoms with Gasteiger partial charge in [-0.1, -0.05) is 11.6 Å². The Hall–Kier alpha value is -1.23. The highest BCUT2D eigenvalue weighted by Gasteiger charge is 2.35. The van der Waals surface area contributed by atoms with Gasteiger partial charge in [0.25, 0.3) is 0 Å². The van der Waals surface area contributed by atoms with Crippen LogP contribution in [0.4, 0.5) is 18.9 Å². The Labute approximate surface area is 107 Å². The van der Waals surface area contributed by atoms with E-state index in [2.05, 4.69) is 0 Å². The highest BCUT2D eigenvalue weighted by Crippen LogP contribution is 2.38. The fourth-order valence-electron chi connectivity index (χ4n) is 2.01. The molecule has 1 aliphatic heterocycles. The molecular weight excluding hydrogens is 267 g/mol. The van der Waals surface area contributed by atoms with Crippen LogP contribution in [0.2, 0.25) is 5.02 Å². The summed E-state index contributed by atoms with van der Waals surface area (Å²) in [6, 6.07) is 3.72. The molecule has 0 aromatic heterocycles. The summed E-state index contributed by atoms with van der Waals surface area (Å²) in [5, 5.41) is 0.0548. The number of hydrogen-bond donors (Lipinski definition) is 0. The predicted molar refractivity (Wildman–Crippen MR) is 62.9 cm³/mol. The summed E-state index contributed by atoms with van der Waals surface area (Å²) in [4.78, 5) is 12.7. The highest BCUT2D eigenvalue weighted by molar-refractivity contribution is 6.30. The molecule has 2 rings (SSSR count). The van der Waals surface area contributed by atoms with E-state index in [1.54, 1.807) is 4.90 Å². The molecule has 0 saturated carbocycles. The third-order valence-electron chi connectivity index (χ3n) is 2.93. The molecule has 1 fully saturated rings. The second-order valence-electron chi connectivity index (χ2n) is 4.18. The highest BCUT2D eigenvalue weighted by atomic mass is 35.5. The van der Waals surface area contributed by atoms with Crippen LogP contribution in [0.3, 0.4) is 0 Å². The van der Waals surface area contributed by atoms with Crippen LogP contribution in [0.5, 0.6) is 0 Å². The summed E-state index contributed by atoms with van der Waals surface area (Å²) in [6.07, 6.45) is -3.86. The standard InChI is InChI=1S/C12H11ClF3NO/c13-8-1-2-11(10(7-8)12(14,15)16)17-5-3-9(18)4-6-17/h1-2,7H,3-6H2. The second kappa shape index (κ2) is 4.80. The van der Waals surface area contributed by atoms with Crippen molar-refractivity contribution in [2.24, 2.45) is 0 Å². The van der Waals surface area contributed by atoms with Gasteiger partial charge in [0.05, 0.1) is 5.56 Å². The molecule has 1 aliphatic rings. The first-order valence-corrected chi connectivity index (χ1v) is 5.89. The number of piperidine rings is 1. The molecule has 1 heterocycles. The van der Waals surface area contributed by atoms with Crippen molar-refractivity contribution in [2.45, 2.75) is 19.0 Å². The van der Waals surface area contributed by atoms with Crippen LogP contribution in [-0.2, 0) is 11.0 Å². The Bertz CT molecular complexity index is 463. The first kappa shape index (κ1) is 13.2. The molecular formula is C12H11ClF3NO. The molecule has 0 radical (unpaired) electrons. The number of ketones is 1. The van der Waals surface area contributed by atoms with E-state index in [4.69, 9.17) is 11.6 Å². The number of carbonyl (C=O) groups excluding carboxylic acids is 1. The van der Waals surface area contributed by atoms with Gasteiger partial charge in [0.15, 0.2) is 0 Å². The van der Waals surface area contributed by atoms with E-state index < -0.39 is 11.7 Å². The van der Waals surface area contributed by atoms with E-state index >= 15 is 0 Å². The van der Waals surface area contributed by atoms with Gasteiger partial charge in [0, 0.05) is 36.6 Å². The summed E-state index contributed by atoms with van der Waals surface area (Å²) in [7, 11) is 0. The first-order valence-electron chi connectivity index (χ1n) is 5.51. The minimum absolute atomic E-state index is 0.0548. The fourth-order valence-corrected chi connectivity index (χ4v) is 2.18. The summed E-state index contributed by atoms with van der Waals surface area (Å²) in [5.74, 6) is 0.0915. The minimum atomic E-state index is -4.44. The van der Waals surface area contributed by atoms with Crippen LogP contribution in [-0.4, -0.2) is 18.9 Å². The smallest absolute Gasteiger partial charge is 0.370 e. The van der Waals surface area contributed by atoms with E-state index in [0.717, 1.165) is 6.07 Å². The lowest BCUT2D eigenvalue weighted by Crippen LogP contribution is -2.35. The maximum atomic E-state index is 12.9. The lowest BCUT2D eigenvalue weighted by molar-refractivity contribution is -0.137. The predicted octanol–water partition coefficient (Wildman–Crippen LogP) is 3.53. The van der Waals surface area contributed by atoms with Crippen molar-refractivity contribution in [3.63, 3.8) is 0 Å². The van der Waals surface area contributed by atoms with Crippen molar-refractivity contribution in [1.82, 2.24) is 0 Å². The van der Waals surface area contributed by atoms with Gasteiger partial charge in [0.1, 0.15) is 5.78 Å². The molecule has 98 valence electrons. The lowest BCUT2D eigenvalue weighted by Gasteiger charge is -2.30. The molecule has 1 aromatic carbocycles. The summed E-state index contributed by atoms with van der Waals surface area (Å²) in [5.41, 5.74) is -0.649. The molecule has 0 aliphatic carbocycles. The maximum absolute atomic E-state index is 12.9. The van der Waals surface area contributed by atoms with Gasteiger partial charge < -0.3 is 4.90 Å². The Morgan fingerprint density at radius 3 is 2.33 bits per heavy atom. The van der Waals surface area contributed by atoms with Crippen molar-refractivity contribution in [3.05, 3.63) is 28.8 Å². The minimum Gasteiger partial charge on any atom is -0.370 e. The van der Waals surface area contributed by atoms with Crippen LogP contribution in [0, 0.1) is 0 Å². The van der Waals surface area contributed by atoms with E-state index in [0.29, 0.717) is 25.9 Å². The molecule has 0 unspecified atom stereocenters. The molecule has 2 nitrogen and oxygen atoms in total. The van der Waals surface area contributed by atoms with Crippen LogP contribution in [0.15, 0.2) is 18.2 Å². The largest absolute Gasteiger partial charge is 0.418 e. The van der Waals surface area contributed by atoms with Crippen molar-refractivity contribution < 1.29 is 18.0 Å².